The van der Waals surface area contributed by atoms with Gasteiger partial charge in [0.2, 0.25) is 0 Å². The summed E-state index contributed by atoms with van der Waals surface area (Å²) < 4.78 is 36.2. The molecular formula is C84H95BrClN12NaO14S4. The van der Waals surface area contributed by atoms with Crippen molar-refractivity contribution in [2.45, 2.75) is 160 Å². The fourth-order valence-electron chi connectivity index (χ4n) is 13.2. The average molecular weight is 1760 g/mol. The Bertz CT molecular complexity index is 5710. The van der Waals surface area contributed by atoms with E-state index in [-0.39, 0.29) is 88.9 Å². The molecule has 117 heavy (non-hydrogen) atoms. The van der Waals surface area contributed by atoms with E-state index in [4.69, 9.17) is 35.5 Å². The van der Waals surface area contributed by atoms with E-state index >= 15 is 0 Å². The molecule has 0 aliphatic heterocycles. The number of aliphatic hydroxyl groups excluding tert-OH is 1. The maximum absolute atomic E-state index is 13.1. The van der Waals surface area contributed by atoms with Gasteiger partial charge < -0.3 is 72.3 Å². The number of aliphatic hydroxyl groups is 1. The number of pyridine rings is 6. The maximum Gasteiger partial charge on any atom is 1.00 e. The standard InChI is InChI=1S/C24H26N4O3S.C18H20N2O3S.C16H16N2O3S.C14H17NO3.C8H11ClN2O.C4H4BrNS.Na.H2O/c1-14-10-15(2)27-24(30)20(14)12-26-23(29)19-11-18-6-5-8-28(18)22(16(19)3)17(4)31-13-21-25-7-9-32-21;1-4-22-18(21)15-10-14-6-5-8-20(14)17(12(15)2)13(3)23-11-16-19-7-9-24-16;1-10-13(16(19)20)8-12-4-3-6-18(12)15(10)11(2)21-9-14-17-5-7-22-14;1-4-18-14(17)12-8-11-6-5-7-15(11)13(9(12)2)10(3)16;1-5-3-6(2)11-8(12)7(5)4-10-9;5-3-4-6-1-2-7-4;;/h5-11,17H,12-13H2,1-4H3,(H,26,29)(H,27,30);5-10,13H,4,11H2,1-3H3;3-8,11H,9H2,1-2H3,(H,19,20);5-8,10,16H,4H2,1-3H3;3,10H,4H2,1-2H3,(H,11,12);1-2H,3H2;;1H2/q;;;;;;+1;/p-1. The summed E-state index contributed by atoms with van der Waals surface area (Å²) in [5, 5.41) is 34.7. The predicted molar refractivity (Wildman–Crippen MR) is 458 cm³/mol. The van der Waals surface area contributed by atoms with E-state index in [1.165, 1.54) is 0 Å². The zero-order valence-electron chi connectivity index (χ0n) is 67.8. The van der Waals surface area contributed by atoms with Gasteiger partial charge in [-0.2, -0.15) is 0 Å². The van der Waals surface area contributed by atoms with Gasteiger partial charge in [-0.15, -0.1) is 45.3 Å². The van der Waals surface area contributed by atoms with Crippen molar-refractivity contribution < 1.29 is 88.1 Å². The molecule has 14 heterocycles. The van der Waals surface area contributed by atoms with E-state index in [0.717, 1.165) is 115 Å². The number of aromatic nitrogens is 10. The van der Waals surface area contributed by atoms with Crippen LogP contribution in [-0.2, 0) is 61.9 Å². The topological polar surface area (TPSA) is 344 Å². The number of ether oxygens (including phenoxy) is 5. The summed E-state index contributed by atoms with van der Waals surface area (Å²) in [6.45, 7) is 28.7. The summed E-state index contributed by atoms with van der Waals surface area (Å²) in [5.41, 5.74) is 16.7. The van der Waals surface area contributed by atoms with Gasteiger partial charge in [0, 0.05) is 134 Å². The molecule has 4 unspecified atom stereocenters. The number of aryl methyl sites for hydroxylation is 4. The SMILES string of the molecule is BrCc1nccs1.CCOC(=O)c1cc2cccn2c(C(C)O)c1C.CCOC(=O)c1cc2cccn2c(C(C)OCc2nccs2)c1C.Cc1c(C(=O)O)cc2cccn2c1C(C)OCc1nccs1.Cc1cc(C)c(CNC(=O)c2cc3cccn3c(C(C)OCc3nccs3)c2C)c(=O)[nH]1.Cc1cc(C)c(CNCl)c(=O)[nH]1.[Na+].[OH-]. The number of alkyl halides is 1. The number of carboxylic acids is 1. The second-order valence-electron chi connectivity index (χ2n) is 26.5. The Morgan fingerprint density at radius 1 is 0.504 bits per heavy atom. The molecule has 4 atom stereocenters. The first-order valence-corrected chi connectivity index (χ1v) is 41.8. The van der Waals surface area contributed by atoms with Crippen molar-refractivity contribution in [3.63, 3.8) is 0 Å². The van der Waals surface area contributed by atoms with Gasteiger partial charge in [-0.05, 0) is 227 Å². The first kappa shape index (κ1) is 95.0. The number of fused-ring (bicyclic) bond motifs is 4. The summed E-state index contributed by atoms with van der Waals surface area (Å²) in [6, 6.07) is 26.5. The summed E-state index contributed by atoms with van der Waals surface area (Å²) in [5.74, 6) is -1.79. The molecular weight excluding hydrogens is 1670 g/mol. The van der Waals surface area contributed by atoms with E-state index < -0.39 is 12.1 Å². The van der Waals surface area contributed by atoms with Crippen molar-refractivity contribution in [2.75, 3.05) is 13.2 Å². The minimum absolute atomic E-state index is 0. The van der Waals surface area contributed by atoms with Gasteiger partial charge in [0.25, 0.3) is 17.0 Å². The molecule has 33 heteroatoms. The van der Waals surface area contributed by atoms with Gasteiger partial charge in [-0.3, -0.25) is 14.4 Å². The molecule has 0 aliphatic rings. The van der Waals surface area contributed by atoms with Crippen LogP contribution < -0.4 is 50.8 Å². The van der Waals surface area contributed by atoms with Crippen LogP contribution in [0.4, 0.5) is 0 Å². The monoisotopic (exact) mass is 1760 g/mol. The largest absolute Gasteiger partial charge is 1.00 e. The van der Waals surface area contributed by atoms with E-state index in [0.29, 0.717) is 73.0 Å². The Kier molecular flexibility index (Phi) is 37.1. The van der Waals surface area contributed by atoms with Crippen LogP contribution in [0.5, 0.6) is 0 Å². The number of rotatable bonds is 24. The van der Waals surface area contributed by atoms with Gasteiger partial charge in [-0.1, -0.05) is 15.9 Å². The van der Waals surface area contributed by atoms with Crippen LogP contribution in [0.1, 0.15) is 206 Å². The summed E-state index contributed by atoms with van der Waals surface area (Å²) in [7, 11) is 0. The Morgan fingerprint density at radius 3 is 1.15 bits per heavy atom. The molecule has 26 nitrogen and oxygen atoms in total. The smallest absolute Gasteiger partial charge is 0.870 e. The van der Waals surface area contributed by atoms with Gasteiger partial charge >= 0.3 is 47.5 Å². The molecule has 14 aromatic rings. The van der Waals surface area contributed by atoms with Gasteiger partial charge in [-0.25, -0.2) is 39.2 Å². The number of hydrogen-bond donors (Lipinski definition) is 6. The minimum atomic E-state index is -0.922. The number of hydrogen-bond acceptors (Lipinski definition) is 22. The molecule has 1 amide bonds. The van der Waals surface area contributed by atoms with E-state index in [1.807, 2.05) is 215 Å². The quantitative estimate of drug-likeness (QED) is 0.0142. The van der Waals surface area contributed by atoms with Crippen molar-refractivity contribution >= 4 is 119 Å². The van der Waals surface area contributed by atoms with E-state index in [2.05, 4.69) is 60.4 Å². The van der Waals surface area contributed by atoms with Crippen LogP contribution in [0.2, 0.25) is 0 Å². The number of amides is 1. The number of thiazole rings is 4. The second-order valence-corrected chi connectivity index (χ2v) is 31.2. The van der Waals surface area contributed by atoms with E-state index in [1.54, 1.807) is 96.1 Å². The Labute approximate surface area is 729 Å². The van der Waals surface area contributed by atoms with Crippen molar-refractivity contribution in [2.24, 2.45) is 0 Å². The number of nitrogens with zero attached hydrogens (tertiary/aromatic N) is 8. The first-order chi connectivity index (χ1) is 55.2. The fraction of sp³-hybridized carbons (Fsp3) is 0.310. The van der Waals surface area contributed by atoms with Crippen molar-refractivity contribution in [3.8, 4) is 0 Å². The number of nitrogens with one attached hydrogen (secondary N) is 4. The van der Waals surface area contributed by atoms with Crippen LogP contribution >= 0.6 is 73.1 Å². The summed E-state index contributed by atoms with van der Waals surface area (Å²) >= 11 is 14.9. The number of carbonyl (C=O) groups is 4. The predicted octanol–water partition coefficient (Wildman–Crippen LogP) is 14.6. The molecule has 614 valence electrons. The zero-order valence-corrected chi connectivity index (χ0v) is 75.4. The number of halogens is 2. The minimum Gasteiger partial charge on any atom is -0.870 e. The number of aromatic carboxylic acids is 1. The van der Waals surface area contributed by atoms with Crippen LogP contribution in [-0.4, -0.2) is 100 Å². The third kappa shape index (κ3) is 24.8. The summed E-state index contributed by atoms with van der Waals surface area (Å²) in [6.07, 6.45) is 13.5. The van der Waals surface area contributed by atoms with Crippen molar-refractivity contribution in [1.29, 1.82) is 0 Å². The molecule has 0 aromatic carbocycles. The number of esters is 2. The van der Waals surface area contributed by atoms with Crippen LogP contribution in [0.15, 0.2) is 166 Å². The molecule has 0 saturated carbocycles. The van der Waals surface area contributed by atoms with Gasteiger partial charge in [0.05, 0.1) is 102 Å². The van der Waals surface area contributed by atoms with Crippen LogP contribution in [0.3, 0.4) is 0 Å². The molecule has 0 aliphatic carbocycles. The molecule has 0 radical (unpaired) electrons. The van der Waals surface area contributed by atoms with E-state index in [9.17, 15) is 39.0 Å². The van der Waals surface area contributed by atoms with Crippen LogP contribution in [0.25, 0.3) is 22.1 Å². The molecule has 14 rings (SSSR count). The van der Waals surface area contributed by atoms with Crippen molar-refractivity contribution in [3.05, 3.63) is 298 Å². The number of carbonyl (C=O) groups excluding carboxylic acids is 3. The normalized spacial score (nSPS) is 11.8. The molecule has 0 bridgehead atoms. The zero-order chi connectivity index (χ0) is 83.2. The molecule has 0 saturated heterocycles. The van der Waals surface area contributed by atoms with Gasteiger partial charge in [0.15, 0.2) is 0 Å². The number of aromatic amines is 2. The third-order valence-corrected chi connectivity index (χ3v) is 22.6. The Morgan fingerprint density at radius 2 is 0.829 bits per heavy atom. The fourth-order valence-corrected chi connectivity index (χ4v) is 15.9. The molecule has 7 N–H and O–H groups in total. The van der Waals surface area contributed by atoms with Crippen LogP contribution in [0, 0.1) is 55.4 Å². The maximum atomic E-state index is 13.1. The Hall–Kier alpha value is -9.13. The number of carboxylic acid groups (broad SMARTS) is 1. The average Bonchev–Trinajstić information content (AvgIpc) is 1.73. The summed E-state index contributed by atoms with van der Waals surface area (Å²) in [4.78, 5) is 97.0. The first-order valence-electron chi connectivity index (χ1n) is 36.8. The third-order valence-electron chi connectivity index (χ3n) is 18.6. The molecule has 0 fully saturated rings. The number of H-pyrrole nitrogens is 2. The van der Waals surface area contributed by atoms with Gasteiger partial charge in [0.1, 0.15) is 20.0 Å². The molecule has 14 aromatic heterocycles. The second kappa shape index (κ2) is 45.7. The van der Waals surface area contributed by atoms with Crippen molar-refractivity contribution in [1.82, 2.24) is 57.7 Å². The Balaban J connectivity index is 0.000000202. The molecule has 0 spiro atoms.